The Bertz CT molecular complexity index is 334. The molecule has 1 atom stereocenters. The van der Waals surface area contributed by atoms with Crippen LogP contribution in [-0.2, 0) is 4.74 Å². The smallest absolute Gasteiger partial charge is 0.0472 e. The molecule has 1 aliphatic rings. The van der Waals surface area contributed by atoms with Crippen molar-refractivity contribution in [1.82, 2.24) is 5.32 Å². The minimum absolute atomic E-state index is 0.587. The van der Waals surface area contributed by atoms with E-state index in [1.807, 2.05) is 0 Å². The molecular formula is C17H27NO. The van der Waals surface area contributed by atoms with Crippen LogP contribution in [0.3, 0.4) is 0 Å². The van der Waals surface area contributed by atoms with Crippen molar-refractivity contribution in [3.05, 3.63) is 35.9 Å². The Kier molecular flexibility index (Phi) is 6.38. The zero-order valence-corrected chi connectivity index (χ0v) is 12.1. The van der Waals surface area contributed by atoms with Crippen molar-refractivity contribution < 1.29 is 4.74 Å². The van der Waals surface area contributed by atoms with Gasteiger partial charge >= 0.3 is 0 Å². The molecular weight excluding hydrogens is 234 g/mol. The van der Waals surface area contributed by atoms with Crippen LogP contribution >= 0.6 is 0 Å². The minimum Gasteiger partial charge on any atom is -0.381 e. The molecule has 0 amide bonds. The Labute approximate surface area is 117 Å². The van der Waals surface area contributed by atoms with Crippen molar-refractivity contribution in [2.45, 2.75) is 51.0 Å². The highest BCUT2D eigenvalue weighted by atomic mass is 16.5. The molecule has 2 heteroatoms. The van der Waals surface area contributed by atoms with Gasteiger partial charge in [0.1, 0.15) is 0 Å². The summed E-state index contributed by atoms with van der Waals surface area (Å²) < 4.78 is 5.72. The van der Waals surface area contributed by atoms with Gasteiger partial charge in [-0.25, -0.2) is 0 Å². The standard InChI is InChI=1S/C17H27NO/c1-2-3-12-19-13-11-16(14-18-17-9-10-17)15-7-5-4-6-8-15/h4-8,16-18H,2-3,9-14H2,1H3. The van der Waals surface area contributed by atoms with Crippen LogP contribution in [0.5, 0.6) is 0 Å². The van der Waals surface area contributed by atoms with Gasteiger partial charge in [-0.3, -0.25) is 0 Å². The molecule has 0 spiro atoms. The van der Waals surface area contributed by atoms with Crippen LogP contribution in [0.25, 0.3) is 0 Å². The Morgan fingerprint density at radius 1 is 1.21 bits per heavy atom. The van der Waals surface area contributed by atoms with Crippen molar-refractivity contribution >= 4 is 0 Å². The lowest BCUT2D eigenvalue weighted by atomic mass is 9.96. The van der Waals surface area contributed by atoms with E-state index in [1.165, 1.54) is 31.2 Å². The van der Waals surface area contributed by atoms with Crippen LogP contribution in [0.2, 0.25) is 0 Å². The number of nitrogens with one attached hydrogen (secondary N) is 1. The zero-order chi connectivity index (χ0) is 13.3. The maximum absolute atomic E-state index is 5.72. The second kappa shape index (κ2) is 8.34. The van der Waals surface area contributed by atoms with Gasteiger partial charge in [-0.15, -0.1) is 0 Å². The summed E-state index contributed by atoms with van der Waals surface area (Å²) in [5.41, 5.74) is 1.44. The van der Waals surface area contributed by atoms with Crippen molar-refractivity contribution in [3.8, 4) is 0 Å². The largest absolute Gasteiger partial charge is 0.381 e. The van der Waals surface area contributed by atoms with Crippen molar-refractivity contribution in [2.75, 3.05) is 19.8 Å². The normalized spacial score (nSPS) is 16.5. The predicted octanol–water partition coefficient (Wildman–Crippen LogP) is 3.73. The van der Waals surface area contributed by atoms with Crippen LogP contribution in [0, 0.1) is 0 Å². The van der Waals surface area contributed by atoms with Gasteiger partial charge in [0, 0.05) is 25.8 Å². The van der Waals surface area contributed by atoms with E-state index in [1.54, 1.807) is 0 Å². The summed E-state index contributed by atoms with van der Waals surface area (Å²) in [5.74, 6) is 0.587. The highest BCUT2D eigenvalue weighted by Crippen LogP contribution is 2.23. The molecule has 1 saturated carbocycles. The Morgan fingerprint density at radius 3 is 2.68 bits per heavy atom. The third-order valence-electron chi connectivity index (χ3n) is 3.75. The molecule has 1 aromatic rings. The van der Waals surface area contributed by atoms with Gasteiger partial charge in [-0.05, 0) is 37.2 Å². The summed E-state index contributed by atoms with van der Waals surface area (Å²) in [6.07, 6.45) is 6.22. The van der Waals surface area contributed by atoms with Gasteiger partial charge in [0.05, 0.1) is 0 Å². The maximum atomic E-state index is 5.72. The second-order valence-electron chi connectivity index (χ2n) is 5.54. The van der Waals surface area contributed by atoms with E-state index < -0.39 is 0 Å². The molecule has 0 radical (unpaired) electrons. The van der Waals surface area contributed by atoms with Crippen LogP contribution in [0.15, 0.2) is 30.3 Å². The molecule has 0 bridgehead atoms. The van der Waals surface area contributed by atoms with E-state index in [-0.39, 0.29) is 0 Å². The highest BCUT2D eigenvalue weighted by molar-refractivity contribution is 5.20. The van der Waals surface area contributed by atoms with Gasteiger partial charge in [0.2, 0.25) is 0 Å². The van der Waals surface area contributed by atoms with Crippen molar-refractivity contribution in [2.24, 2.45) is 0 Å². The fraction of sp³-hybridized carbons (Fsp3) is 0.647. The molecule has 106 valence electrons. The minimum atomic E-state index is 0.587. The molecule has 0 aliphatic heterocycles. The second-order valence-corrected chi connectivity index (χ2v) is 5.54. The lowest BCUT2D eigenvalue weighted by Crippen LogP contribution is -2.24. The monoisotopic (exact) mass is 261 g/mol. The fourth-order valence-corrected chi connectivity index (χ4v) is 2.28. The van der Waals surface area contributed by atoms with E-state index >= 15 is 0 Å². The molecule has 2 nitrogen and oxygen atoms in total. The number of rotatable bonds is 10. The summed E-state index contributed by atoms with van der Waals surface area (Å²) in [5, 5.41) is 3.65. The van der Waals surface area contributed by atoms with Crippen molar-refractivity contribution in [3.63, 3.8) is 0 Å². The average molecular weight is 261 g/mol. The molecule has 19 heavy (non-hydrogen) atoms. The topological polar surface area (TPSA) is 21.3 Å². The Morgan fingerprint density at radius 2 is 2.00 bits per heavy atom. The average Bonchev–Trinajstić information content (AvgIpc) is 3.27. The molecule has 0 aromatic heterocycles. The molecule has 2 rings (SSSR count). The molecule has 1 N–H and O–H groups in total. The van der Waals surface area contributed by atoms with Gasteiger partial charge in [-0.1, -0.05) is 43.7 Å². The lowest BCUT2D eigenvalue weighted by molar-refractivity contribution is 0.124. The number of unbranched alkanes of at least 4 members (excludes halogenated alkanes) is 1. The molecule has 1 unspecified atom stereocenters. The summed E-state index contributed by atoms with van der Waals surface area (Å²) >= 11 is 0. The Hall–Kier alpha value is -0.860. The molecule has 0 heterocycles. The van der Waals surface area contributed by atoms with Gasteiger partial charge in [0.15, 0.2) is 0 Å². The lowest BCUT2D eigenvalue weighted by Gasteiger charge is -2.18. The van der Waals surface area contributed by atoms with E-state index in [0.717, 1.165) is 32.2 Å². The van der Waals surface area contributed by atoms with Gasteiger partial charge in [0.25, 0.3) is 0 Å². The van der Waals surface area contributed by atoms with Crippen LogP contribution in [0.1, 0.15) is 50.5 Å². The number of benzene rings is 1. The molecule has 1 fully saturated rings. The maximum Gasteiger partial charge on any atom is 0.0472 e. The SMILES string of the molecule is CCCCOCCC(CNC1CC1)c1ccccc1. The first-order chi connectivity index (χ1) is 9.40. The summed E-state index contributed by atoms with van der Waals surface area (Å²) in [4.78, 5) is 0. The molecule has 0 saturated heterocycles. The van der Waals surface area contributed by atoms with Gasteiger partial charge < -0.3 is 10.1 Å². The first-order valence-electron chi connectivity index (χ1n) is 7.76. The first-order valence-corrected chi connectivity index (χ1v) is 7.76. The third kappa shape index (κ3) is 5.75. The van der Waals surface area contributed by atoms with E-state index in [9.17, 15) is 0 Å². The van der Waals surface area contributed by atoms with E-state index in [2.05, 4.69) is 42.6 Å². The number of hydrogen-bond donors (Lipinski definition) is 1. The number of ether oxygens (including phenoxy) is 1. The van der Waals surface area contributed by atoms with E-state index in [4.69, 9.17) is 4.74 Å². The van der Waals surface area contributed by atoms with E-state index in [0.29, 0.717) is 5.92 Å². The third-order valence-corrected chi connectivity index (χ3v) is 3.75. The predicted molar refractivity (Wildman–Crippen MR) is 80.6 cm³/mol. The highest BCUT2D eigenvalue weighted by Gasteiger charge is 2.22. The molecule has 1 aromatic carbocycles. The Balaban J connectivity index is 1.76. The van der Waals surface area contributed by atoms with Crippen LogP contribution in [0.4, 0.5) is 0 Å². The molecule has 1 aliphatic carbocycles. The van der Waals surface area contributed by atoms with Crippen LogP contribution < -0.4 is 5.32 Å². The summed E-state index contributed by atoms with van der Waals surface area (Å²) in [6, 6.07) is 11.6. The first kappa shape index (κ1) is 14.5. The summed E-state index contributed by atoms with van der Waals surface area (Å²) in [6.45, 7) is 5.08. The van der Waals surface area contributed by atoms with Crippen molar-refractivity contribution in [1.29, 1.82) is 0 Å². The fourth-order valence-electron chi connectivity index (χ4n) is 2.28. The quantitative estimate of drug-likeness (QED) is 0.648. The van der Waals surface area contributed by atoms with Gasteiger partial charge in [-0.2, -0.15) is 0 Å². The van der Waals surface area contributed by atoms with Crippen LogP contribution in [-0.4, -0.2) is 25.8 Å². The zero-order valence-electron chi connectivity index (χ0n) is 12.1. The number of hydrogen-bond acceptors (Lipinski definition) is 2. The summed E-state index contributed by atoms with van der Waals surface area (Å²) in [7, 11) is 0.